The molecule has 1 aliphatic heterocycles. The van der Waals surface area contributed by atoms with Gasteiger partial charge in [-0.15, -0.1) is 0 Å². The third kappa shape index (κ3) is 3.80. The molecule has 19 heavy (non-hydrogen) atoms. The molecule has 2 rings (SSSR count). The summed E-state index contributed by atoms with van der Waals surface area (Å²) in [5.41, 5.74) is 1.21. The Kier molecular flexibility index (Phi) is 5.03. The number of hydrogen-bond acceptors (Lipinski definition) is 3. The van der Waals surface area contributed by atoms with Crippen molar-refractivity contribution in [3.63, 3.8) is 0 Å². The molecule has 1 N–H and O–H groups in total. The van der Waals surface area contributed by atoms with Crippen molar-refractivity contribution in [3.05, 3.63) is 34.3 Å². The molecule has 0 aromatic heterocycles. The Morgan fingerprint density at radius 3 is 2.79 bits per heavy atom. The van der Waals surface area contributed by atoms with Crippen LogP contribution in [-0.2, 0) is 9.84 Å². The summed E-state index contributed by atoms with van der Waals surface area (Å²) in [7, 11) is -0.941. The summed E-state index contributed by atoms with van der Waals surface area (Å²) in [4.78, 5) is 0. The highest BCUT2D eigenvalue weighted by Crippen LogP contribution is 2.35. The third-order valence-corrected chi connectivity index (χ3v) is 6.36. The summed E-state index contributed by atoms with van der Waals surface area (Å²) >= 11 is 3.58. The fraction of sp³-hybridized carbons (Fsp3) is 0.571. The Balaban J connectivity index is 2.28. The Morgan fingerprint density at radius 1 is 1.42 bits per heavy atom. The van der Waals surface area contributed by atoms with Crippen molar-refractivity contribution in [1.29, 1.82) is 0 Å². The number of halogens is 1. The fourth-order valence-corrected chi connectivity index (χ4v) is 5.31. The molecule has 0 spiro atoms. The lowest BCUT2D eigenvalue weighted by atomic mass is 9.84. The zero-order valence-corrected chi connectivity index (χ0v) is 13.5. The quantitative estimate of drug-likeness (QED) is 0.912. The summed E-state index contributed by atoms with van der Waals surface area (Å²) in [5.74, 6) is 1.13. The van der Waals surface area contributed by atoms with Gasteiger partial charge in [-0.2, -0.15) is 0 Å². The molecule has 106 valence electrons. The number of sulfone groups is 1. The predicted octanol–water partition coefficient (Wildman–Crippen LogP) is 2.58. The van der Waals surface area contributed by atoms with Crippen LogP contribution < -0.4 is 5.32 Å². The van der Waals surface area contributed by atoms with Crippen LogP contribution in [-0.4, -0.2) is 33.5 Å². The maximum Gasteiger partial charge on any atom is 0.150 e. The smallest absolute Gasteiger partial charge is 0.150 e. The van der Waals surface area contributed by atoms with Gasteiger partial charge in [0.05, 0.1) is 11.5 Å². The highest BCUT2D eigenvalue weighted by atomic mass is 79.9. The number of hydrogen-bond donors (Lipinski definition) is 1. The maximum absolute atomic E-state index is 11.9. The summed E-state index contributed by atoms with van der Waals surface area (Å²) < 4.78 is 24.8. The van der Waals surface area contributed by atoms with Crippen LogP contribution in [0.5, 0.6) is 0 Å². The van der Waals surface area contributed by atoms with Crippen LogP contribution in [0.2, 0.25) is 0 Å². The van der Waals surface area contributed by atoms with E-state index in [0.717, 1.165) is 23.9 Å². The minimum Gasteiger partial charge on any atom is -0.319 e. The van der Waals surface area contributed by atoms with Crippen molar-refractivity contribution < 1.29 is 8.42 Å². The Labute approximate surface area is 123 Å². The molecule has 3 nitrogen and oxygen atoms in total. The number of rotatable bonds is 4. The average Bonchev–Trinajstić information content (AvgIpc) is 2.36. The lowest BCUT2D eigenvalue weighted by Crippen LogP contribution is -2.33. The van der Waals surface area contributed by atoms with Gasteiger partial charge in [0.1, 0.15) is 0 Å². The number of benzene rings is 1. The number of nitrogens with one attached hydrogen (secondary N) is 1. The summed E-state index contributed by atoms with van der Waals surface area (Å²) in [6.07, 6.45) is 1.78. The average molecular weight is 346 g/mol. The highest BCUT2D eigenvalue weighted by molar-refractivity contribution is 9.10. The molecule has 0 amide bonds. The van der Waals surface area contributed by atoms with E-state index in [1.807, 2.05) is 25.2 Å². The van der Waals surface area contributed by atoms with E-state index < -0.39 is 9.84 Å². The molecule has 0 bridgehead atoms. The molecule has 1 heterocycles. The van der Waals surface area contributed by atoms with Crippen molar-refractivity contribution in [3.8, 4) is 0 Å². The van der Waals surface area contributed by atoms with Gasteiger partial charge in [0, 0.05) is 16.9 Å². The lowest BCUT2D eigenvalue weighted by Gasteiger charge is -2.31. The zero-order chi connectivity index (χ0) is 13.9. The molecule has 1 aliphatic rings. The molecule has 0 saturated carbocycles. The van der Waals surface area contributed by atoms with Gasteiger partial charge in [-0.05, 0) is 37.4 Å². The highest BCUT2D eigenvalue weighted by Gasteiger charge is 2.32. The van der Waals surface area contributed by atoms with Crippen LogP contribution in [0.3, 0.4) is 0 Å². The van der Waals surface area contributed by atoms with E-state index in [2.05, 4.69) is 27.3 Å². The second-order valence-corrected chi connectivity index (χ2v) is 8.29. The molecular formula is C14H20BrNO2S. The molecule has 2 atom stereocenters. The van der Waals surface area contributed by atoms with Crippen LogP contribution in [0.15, 0.2) is 28.7 Å². The van der Waals surface area contributed by atoms with Gasteiger partial charge in [0.15, 0.2) is 9.84 Å². The van der Waals surface area contributed by atoms with Crippen molar-refractivity contribution in [2.45, 2.75) is 18.8 Å². The summed E-state index contributed by atoms with van der Waals surface area (Å²) in [5, 5.41) is 3.20. The third-order valence-electron chi connectivity index (χ3n) is 3.80. The Bertz CT molecular complexity index is 530. The monoisotopic (exact) mass is 345 g/mol. The van der Waals surface area contributed by atoms with E-state index in [1.165, 1.54) is 5.56 Å². The molecule has 1 aromatic carbocycles. The second-order valence-electron chi connectivity index (χ2n) is 5.20. The van der Waals surface area contributed by atoms with Gasteiger partial charge >= 0.3 is 0 Å². The predicted molar refractivity (Wildman–Crippen MR) is 82.2 cm³/mol. The van der Waals surface area contributed by atoms with E-state index in [0.29, 0.717) is 11.5 Å². The van der Waals surface area contributed by atoms with Gasteiger partial charge in [-0.25, -0.2) is 8.42 Å². The lowest BCUT2D eigenvalue weighted by molar-refractivity contribution is 0.398. The van der Waals surface area contributed by atoms with Crippen molar-refractivity contribution in [2.75, 3.05) is 25.1 Å². The van der Waals surface area contributed by atoms with Crippen molar-refractivity contribution in [2.24, 2.45) is 5.92 Å². The molecule has 5 heteroatoms. The molecule has 1 aromatic rings. The molecule has 2 unspecified atom stereocenters. The first-order valence-electron chi connectivity index (χ1n) is 6.63. The van der Waals surface area contributed by atoms with Gasteiger partial charge in [-0.3, -0.25) is 0 Å². The Hall–Kier alpha value is -0.390. The first-order valence-corrected chi connectivity index (χ1v) is 9.24. The largest absolute Gasteiger partial charge is 0.319 e. The van der Waals surface area contributed by atoms with Gasteiger partial charge in [0.25, 0.3) is 0 Å². The molecule has 1 fully saturated rings. The maximum atomic E-state index is 11.9. The van der Waals surface area contributed by atoms with E-state index in [9.17, 15) is 8.42 Å². The second kappa shape index (κ2) is 6.37. The van der Waals surface area contributed by atoms with Crippen LogP contribution in [0, 0.1) is 5.92 Å². The molecular weight excluding hydrogens is 326 g/mol. The number of likely N-dealkylation sites (N-methyl/N-ethyl adjacent to an activating group) is 1. The standard InChI is InChI=1S/C14H20BrNO2S/c1-16-9-13(12-6-2-3-7-14(12)15)11-5-4-8-19(17,18)10-11/h2-3,6-7,11,13,16H,4-5,8-10H2,1H3. The molecule has 0 aliphatic carbocycles. The van der Waals surface area contributed by atoms with Crippen LogP contribution in [0.1, 0.15) is 24.3 Å². The van der Waals surface area contributed by atoms with Gasteiger partial charge in [0.2, 0.25) is 0 Å². The van der Waals surface area contributed by atoms with E-state index in [4.69, 9.17) is 0 Å². The van der Waals surface area contributed by atoms with E-state index in [1.54, 1.807) is 0 Å². The van der Waals surface area contributed by atoms with Crippen molar-refractivity contribution >= 4 is 25.8 Å². The van der Waals surface area contributed by atoms with E-state index >= 15 is 0 Å². The fourth-order valence-electron chi connectivity index (χ4n) is 2.90. The molecule has 1 saturated heterocycles. The Morgan fingerprint density at radius 2 is 2.16 bits per heavy atom. The topological polar surface area (TPSA) is 46.2 Å². The normalized spacial score (nSPS) is 24.0. The van der Waals surface area contributed by atoms with Crippen molar-refractivity contribution in [1.82, 2.24) is 5.32 Å². The molecule has 0 radical (unpaired) electrons. The van der Waals surface area contributed by atoms with Crippen LogP contribution in [0.4, 0.5) is 0 Å². The van der Waals surface area contributed by atoms with Gasteiger partial charge < -0.3 is 5.32 Å². The minimum atomic E-state index is -2.86. The van der Waals surface area contributed by atoms with Crippen LogP contribution in [0.25, 0.3) is 0 Å². The zero-order valence-electron chi connectivity index (χ0n) is 11.1. The van der Waals surface area contributed by atoms with E-state index in [-0.39, 0.29) is 11.8 Å². The SMILES string of the molecule is CNCC(c1ccccc1Br)C1CCCS(=O)(=O)C1. The first-order chi connectivity index (χ1) is 9.03. The summed E-state index contributed by atoms with van der Waals surface area (Å²) in [6.45, 7) is 0.808. The minimum absolute atomic E-state index is 0.213. The van der Waals surface area contributed by atoms with Crippen LogP contribution >= 0.6 is 15.9 Å². The first kappa shape index (κ1) is 15.0. The van der Waals surface area contributed by atoms with Gasteiger partial charge in [-0.1, -0.05) is 34.1 Å². The summed E-state index contributed by atoms with van der Waals surface area (Å²) in [6, 6.07) is 8.12.